The van der Waals surface area contributed by atoms with E-state index in [0.29, 0.717) is 26.5 Å². The normalized spacial score (nSPS) is 11.4. The van der Waals surface area contributed by atoms with Gasteiger partial charge in [-0.2, -0.15) is 0 Å². The van der Waals surface area contributed by atoms with Crippen molar-refractivity contribution in [1.82, 2.24) is 9.97 Å². The van der Waals surface area contributed by atoms with Gasteiger partial charge in [-0.25, -0.2) is 9.97 Å². The van der Waals surface area contributed by atoms with Crippen LogP contribution in [0.2, 0.25) is 25.4 Å². The van der Waals surface area contributed by atoms with Gasteiger partial charge in [-0.3, -0.25) is 0 Å². The Kier molecular flexibility index (Phi) is 3.40. The van der Waals surface area contributed by atoms with Gasteiger partial charge in [0, 0.05) is 10.8 Å². The number of hydrogen-bond donors (Lipinski definition) is 0. The first-order chi connectivity index (χ1) is 8.99. The Bertz CT molecular complexity index is 832. The van der Waals surface area contributed by atoms with Crippen LogP contribution >= 0.6 is 58.0 Å². The zero-order chi connectivity index (χ0) is 13.7. The monoisotopic (exact) mass is 350 g/mol. The van der Waals surface area contributed by atoms with Gasteiger partial charge in [0.25, 0.3) is 0 Å². The molecule has 0 spiro atoms. The van der Waals surface area contributed by atoms with E-state index in [1.807, 2.05) is 6.07 Å². The number of aromatic nitrogens is 2. The SMILES string of the molecule is Clc1cc2ccc3c(Cl)c(Cl)c(Cl)nc3c2nc1Cl. The van der Waals surface area contributed by atoms with E-state index < -0.39 is 0 Å². The molecular formula is C12H3Cl5N2. The van der Waals surface area contributed by atoms with Crippen molar-refractivity contribution < 1.29 is 0 Å². The van der Waals surface area contributed by atoms with Crippen molar-refractivity contribution in [1.29, 1.82) is 0 Å². The van der Waals surface area contributed by atoms with E-state index in [4.69, 9.17) is 58.0 Å². The highest BCUT2D eigenvalue weighted by Gasteiger charge is 2.14. The van der Waals surface area contributed by atoms with E-state index in [1.54, 1.807) is 12.1 Å². The lowest BCUT2D eigenvalue weighted by Gasteiger charge is -2.07. The first-order valence-corrected chi connectivity index (χ1v) is 6.97. The van der Waals surface area contributed by atoms with Crippen LogP contribution in [0.4, 0.5) is 0 Å². The summed E-state index contributed by atoms with van der Waals surface area (Å²) in [5.41, 5.74) is 1.11. The number of halogens is 5. The molecule has 2 heterocycles. The van der Waals surface area contributed by atoms with Crippen molar-refractivity contribution in [3.05, 3.63) is 43.6 Å². The van der Waals surface area contributed by atoms with Crippen molar-refractivity contribution in [2.75, 3.05) is 0 Å². The maximum Gasteiger partial charge on any atom is 0.149 e. The first-order valence-electron chi connectivity index (χ1n) is 5.08. The molecule has 0 atom stereocenters. The molecule has 0 unspecified atom stereocenters. The van der Waals surface area contributed by atoms with Crippen LogP contribution in [0.25, 0.3) is 21.8 Å². The smallest absolute Gasteiger partial charge is 0.149 e. The van der Waals surface area contributed by atoms with Crippen molar-refractivity contribution in [2.45, 2.75) is 0 Å². The quantitative estimate of drug-likeness (QED) is 0.363. The topological polar surface area (TPSA) is 25.8 Å². The molecule has 0 bridgehead atoms. The predicted molar refractivity (Wildman–Crippen MR) is 82.1 cm³/mol. The molecule has 0 aliphatic carbocycles. The van der Waals surface area contributed by atoms with Gasteiger partial charge < -0.3 is 0 Å². The summed E-state index contributed by atoms with van der Waals surface area (Å²) in [5, 5.41) is 2.71. The molecule has 3 aromatic rings. The van der Waals surface area contributed by atoms with Crippen molar-refractivity contribution in [3.63, 3.8) is 0 Å². The average molecular weight is 352 g/mol. The second-order valence-corrected chi connectivity index (χ2v) is 5.70. The van der Waals surface area contributed by atoms with Crippen LogP contribution in [-0.2, 0) is 0 Å². The minimum atomic E-state index is 0.125. The second kappa shape index (κ2) is 4.80. The summed E-state index contributed by atoms with van der Waals surface area (Å²) in [6.45, 7) is 0. The molecule has 0 radical (unpaired) electrons. The second-order valence-electron chi connectivity index (χ2n) is 3.83. The number of nitrogens with zero attached hydrogens (tertiary/aromatic N) is 2. The van der Waals surface area contributed by atoms with Gasteiger partial charge in [0.2, 0.25) is 0 Å². The lowest BCUT2D eigenvalue weighted by molar-refractivity contribution is 1.37. The molecule has 19 heavy (non-hydrogen) atoms. The van der Waals surface area contributed by atoms with Crippen LogP contribution in [0.15, 0.2) is 18.2 Å². The summed E-state index contributed by atoms with van der Waals surface area (Å²) in [6.07, 6.45) is 0. The van der Waals surface area contributed by atoms with E-state index in [0.717, 1.165) is 5.39 Å². The first kappa shape index (κ1) is 13.5. The Morgan fingerprint density at radius 2 is 1.42 bits per heavy atom. The van der Waals surface area contributed by atoms with Gasteiger partial charge in [0.1, 0.15) is 10.3 Å². The maximum absolute atomic E-state index is 6.16. The summed E-state index contributed by atoms with van der Waals surface area (Å²) in [4.78, 5) is 8.45. The molecular weight excluding hydrogens is 349 g/mol. The molecule has 0 saturated heterocycles. The Morgan fingerprint density at radius 3 is 2.16 bits per heavy atom. The average Bonchev–Trinajstić information content (AvgIpc) is 2.38. The standard InChI is InChI=1S/C12H3Cl5N2/c13-6-3-4-1-2-5-7(14)8(15)12(17)19-10(5)9(4)18-11(6)16/h1-3H. The molecule has 0 saturated carbocycles. The highest BCUT2D eigenvalue weighted by Crippen LogP contribution is 2.37. The minimum absolute atomic E-state index is 0.125. The van der Waals surface area contributed by atoms with Gasteiger partial charge in [0.15, 0.2) is 0 Å². The van der Waals surface area contributed by atoms with E-state index in [-0.39, 0.29) is 15.3 Å². The lowest BCUT2D eigenvalue weighted by Crippen LogP contribution is -1.89. The Labute approximate surface area is 133 Å². The van der Waals surface area contributed by atoms with Gasteiger partial charge in [-0.05, 0) is 6.07 Å². The van der Waals surface area contributed by atoms with Crippen LogP contribution in [0.1, 0.15) is 0 Å². The van der Waals surface area contributed by atoms with Gasteiger partial charge in [0.05, 0.1) is 26.1 Å². The van der Waals surface area contributed by atoms with E-state index in [1.165, 1.54) is 0 Å². The van der Waals surface area contributed by atoms with Crippen LogP contribution in [0.5, 0.6) is 0 Å². The summed E-state index contributed by atoms with van der Waals surface area (Å²) in [7, 11) is 0. The summed E-state index contributed by atoms with van der Waals surface area (Å²) in [5.74, 6) is 0. The number of fused-ring (bicyclic) bond motifs is 3. The zero-order valence-corrected chi connectivity index (χ0v) is 12.8. The Balaban J connectivity index is 2.56. The van der Waals surface area contributed by atoms with Gasteiger partial charge in [-0.15, -0.1) is 0 Å². The zero-order valence-electron chi connectivity index (χ0n) is 9.02. The Hall–Kier alpha value is -0.510. The van der Waals surface area contributed by atoms with E-state index in [9.17, 15) is 0 Å². The predicted octanol–water partition coefficient (Wildman–Crippen LogP) is 6.05. The fourth-order valence-corrected chi connectivity index (χ4v) is 2.74. The largest absolute Gasteiger partial charge is 0.232 e. The van der Waals surface area contributed by atoms with Crippen molar-refractivity contribution in [2.24, 2.45) is 0 Å². The summed E-state index contributed by atoms with van der Waals surface area (Å²) < 4.78 is 0. The third kappa shape index (κ3) is 2.12. The van der Waals surface area contributed by atoms with Gasteiger partial charge >= 0.3 is 0 Å². The number of benzene rings is 1. The van der Waals surface area contributed by atoms with E-state index in [2.05, 4.69) is 9.97 Å². The van der Waals surface area contributed by atoms with Crippen LogP contribution < -0.4 is 0 Å². The molecule has 2 nitrogen and oxygen atoms in total. The van der Waals surface area contributed by atoms with Crippen molar-refractivity contribution >= 4 is 79.8 Å². The number of rotatable bonds is 0. The molecule has 0 aliphatic rings. The number of hydrogen-bond acceptors (Lipinski definition) is 2. The maximum atomic E-state index is 6.16. The summed E-state index contributed by atoms with van der Waals surface area (Å²) in [6, 6.07) is 5.33. The lowest BCUT2D eigenvalue weighted by atomic mass is 10.1. The molecule has 2 aromatic heterocycles. The third-order valence-electron chi connectivity index (χ3n) is 2.69. The molecule has 0 N–H and O–H groups in total. The molecule has 0 amide bonds. The summed E-state index contributed by atoms with van der Waals surface area (Å²) >= 11 is 30.0. The minimum Gasteiger partial charge on any atom is -0.232 e. The molecule has 0 aliphatic heterocycles. The van der Waals surface area contributed by atoms with E-state index >= 15 is 0 Å². The van der Waals surface area contributed by atoms with Crippen molar-refractivity contribution in [3.8, 4) is 0 Å². The molecule has 3 rings (SSSR count). The van der Waals surface area contributed by atoms with Crippen LogP contribution in [0, 0.1) is 0 Å². The molecule has 0 fully saturated rings. The Morgan fingerprint density at radius 1 is 0.737 bits per heavy atom. The highest BCUT2D eigenvalue weighted by atomic mass is 35.5. The van der Waals surface area contributed by atoms with Gasteiger partial charge in [-0.1, -0.05) is 70.1 Å². The highest BCUT2D eigenvalue weighted by molar-refractivity contribution is 6.50. The fourth-order valence-electron chi connectivity index (χ4n) is 1.82. The third-order valence-corrected chi connectivity index (χ3v) is 4.59. The van der Waals surface area contributed by atoms with Crippen LogP contribution in [0.3, 0.4) is 0 Å². The van der Waals surface area contributed by atoms with Crippen LogP contribution in [-0.4, -0.2) is 9.97 Å². The molecule has 1 aromatic carbocycles. The fraction of sp³-hybridized carbons (Fsp3) is 0. The number of pyridine rings is 2. The molecule has 96 valence electrons. The molecule has 7 heteroatoms.